The third-order valence-corrected chi connectivity index (χ3v) is 5.29. The molecule has 0 bridgehead atoms. The van der Waals surface area contributed by atoms with Crippen molar-refractivity contribution in [2.24, 2.45) is 0 Å². The first-order chi connectivity index (χ1) is 15.4. The molecule has 0 radical (unpaired) electrons. The van der Waals surface area contributed by atoms with Gasteiger partial charge in [-0.3, -0.25) is 19.6 Å². The van der Waals surface area contributed by atoms with Gasteiger partial charge in [0.25, 0.3) is 17.2 Å². The van der Waals surface area contributed by atoms with Gasteiger partial charge >= 0.3 is 0 Å². The van der Waals surface area contributed by atoms with Crippen molar-refractivity contribution in [1.29, 1.82) is 0 Å². The molecule has 0 aliphatic heterocycles. The molecule has 1 amide bonds. The Morgan fingerprint density at radius 2 is 1.56 bits per heavy atom. The highest BCUT2D eigenvalue weighted by atomic mass is 16.5. The first kappa shape index (κ1) is 21.1. The van der Waals surface area contributed by atoms with Gasteiger partial charge in [0.05, 0.1) is 20.8 Å². The van der Waals surface area contributed by atoms with Gasteiger partial charge < -0.3 is 9.47 Å². The molecule has 2 aromatic heterocycles. The number of H-pyrrole nitrogens is 1. The fourth-order valence-electron chi connectivity index (χ4n) is 3.26. The van der Waals surface area contributed by atoms with E-state index in [4.69, 9.17) is 9.47 Å². The van der Waals surface area contributed by atoms with Crippen molar-refractivity contribution in [1.82, 2.24) is 19.6 Å². The van der Waals surface area contributed by atoms with Crippen molar-refractivity contribution in [3.05, 3.63) is 81.3 Å². The summed E-state index contributed by atoms with van der Waals surface area (Å²) in [4.78, 5) is 36.4. The number of benzene rings is 2. The Bertz CT molecular complexity index is 1320. The van der Waals surface area contributed by atoms with Gasteiger partial charge in [-0.2, -0.15) is 9.50 Å². The maximum absolute atomic E-state index is 13.5. The van der Waals surface area contributed by atoms with Crippen LogP contribution in [0.2, 0.25) is 0 Å². The monoisotopic (exact) mass is 433 g/mol. The van der Waals surface area contributed by atoms with E-state index in [0.29, 0.717) is 28.3 Å². The largest absolute Gasteiger partial charge is 0.497 e. The summed E-state index contributed by atoms with van der Waals surface area (Å²) < 4.78 is 11.7. The highest BCUT2D eigenvalue weighted by molar-refractivity contribution is 6.05. The number of ether oxygens (including phenoxy) is 2. The lowest BCUT2D eigenvalue weighted by Gasteiger charge is -2.20. The van der Waals surface area contributed by atoms with Crippen LogP contribution >= 0.6 is 0 Å². The maximum atomic E-state index is 13.5. The predicted molar refractivity (Wildman–Crippen MR) is 120 cm³/mol. The van der Waals surface area contributed by atoms with Gasteiger partial charge in [0.15, 0.2) is 0 Å². The maximum Gasteiger partial charge on any atom is 0.277 e. The van der Waals surface area contributed by atoms with Gasteiger partial charge in [-0.15, -0.1) is 0 Å². The molecule has 0 saturated heterocycles. The normalized spacial score (nSPS) is 10.9. The molecule has 1 N–H and O–H groups in total. The average molecular weight is 433 g/mol. The number of aryl methyl sites for hydroxylation is 1. The van der Waals surface area contributed by atoms with Crippen molar-refractivity contribution >= 4 is 17.6 Å². The summed E-state index contributed by atoms with van der Waals surface area (Å²) in [5.74, 6) is 1.50. The fourth-order valence-corrected chi connectivity index (χ4v) is 3.26. The van der Waals surface area contributed by atoms with Crippen molar-refractivity contribution in [2.45, 2.75) is 20.4 Å². The van der Waals surface area contributed by atoms with E-state index in [1.54, 1.807) is 52.3 Å². The van der Waals surface area contributed by atoms with E-state index in [9.17, 15) is 9.59 Å². The van der Waals surface area contributed by atoms with Crippen LogP contribution in [0.15, 0.2) is 53.3 Å². The van der Waals surface area contributed by atoms with Gasteiger partial charge in [0, 0.05) is 16.8 Å². The fraction of sp³-hybridized carbons (Fsp3) is 0.217. The number of amides is 1. The van der Waals surface area contributed by atoms with Gasteiger partial charge in [0.1, 0.15) is 11.5 Å². The zero-order valence-corrected chi connectivity index (χ0v) is 18.2. The van der Waals surface area contributed by atoms with Gasteiger partial charge in [-0.1, -0.05) is 12.1 Å². The van der Waals surface area contributed by atoms with Gasteiger partial charge in [-0.25, -0.2) is 4.98 Å². The Labute approximate surface area is 184 Å². The number of hydrogen-bond acceptors (Lipinski definition) is 6. The van der Waals surface area contributed by atoms with Crippen LogP contribution in [0.4, 0.5) is 5.95 Å². The lowest BCUT2D eigenvalue weighted by atomic mass is 10.1. The third kappa shape index (κ3) is 3.92. The molecule has 2 aromatic carbocycles. The number of aromatic nitrogens is 4. The first-order valence-corrected chi connectivity index (χ1v) is 9.96. The molecular weight excluding hydrogens is 410 g/mol. The Kier molecular flexibility index (Phi) is 5.63. The minimum atomic E-state index is -0.288. The Hall–Kier alpha value is -4.14. The van der Waals surface area contributed by atoms with E-state index < -0.39 is 0 Å². The van der Waals surface area contributed by atoms with Crippen molar-refractivity contribution in [3.8, 4) is 11.5 Å². The Balaban J connectivity index is 1.78. The average Bonchev–Trinajstić information content (AvgIpc) is 3.24. The van der Waals surface area contributed by atoms with Gasteiger partial charge in [0.2, 0.25) is 5.95 Å². The van der Waals surface area contributed by atoms with Crippen LogP contribution in [-0.2, 0) is 6.54 Å². The zero-order chi connectivity index (χ0) is 22.8. The Morgan fingerprint density at radius 3 is 2.16 bits per heavy atom. The number of carbonyl (C=O) groups is 1. The Morgan fingerprint density at radius 1 is 0.969 bits per heavy atom. The zero-order valence-electron chi connectivity index (χ0n) is 18.2. The third-order valence-electron chi connectivity index (χ3n) is 5.29. The van der Waals surface area contributed by atoms with E-state index in [2.05, 4.69) is 15.1 Å². The topological polar surface area (TPSA) is 102 Å². The quantitative estimate of drug-likeness (QED) is 0.502. The van der Waals surface area contributed by atoms with Crippen LogP contribution in [0.3, 0.4) is 0 Å². The van der Waals surface area contributed by atoms with E-state index in [1.807, 2.05) is 24.3 Å². The molecule has 4 rings (SSSR count). The number of nitrogens with one attached hydrogen (secondary N) is 1. The second-order valence-corrected chi connectivity index (χ2v) is 7.28. The first-order valence-electron chi connectivity index (χ1n) is 9.96. The summed E-state index contributed by atoms with van der Waals surface area (Å²) in [7, 11) is 3.16. The number of fused-ring (bicyclic) bond motifs is 1. The summed E-state index contributed by atoms with van der Waals surface area (Å²) in [6.45, 7) is 3.68. The predicted octanol–water partition coefficient (Wildman–Crippen LogP) is 2.90. The molecular formula is C23H23N5O4. The molecule has 4 aromatic rings. The van der Waals surface area contributed by atoms with E-state index >= 15 is 0 Å². The number of anilines is 1. The molecule has 0 saturated carbocycles. The number of rotatable bonds is 6. The molecule has 0 atom stereocenters. The standard InChI is InChI=1S/C23H23N5O4/c1-14-15(2)24-22-25-23(26-28(22)20(14)29)27(13-16-5-9-18(31-3)10-6-16)21(30)17-7-11-19(32-4)12-8-17/h5-12H,13H2,1-4H3,(H,24,25,26). The lowest BCUT2D eigenvalue weighted by Crippen LogP contribution is -2.31. The summed E-state index contributed by atoms with van der Waals surface area (Å²) >= 11 is 0. The van der Waals surface area contributed by atoms with E-state index in [0.717, 1.165) is 5.56 Å². The number of aromatic amines is 1. The van der Waals surface area contributed by atoms with Crippen LogP contribution in [0.5, 0.6) is 11.5 Å². The van der Waals surface area contributed by atoms with Crippen molar-refractivity contribution < 1.29 is 14.3 Å². The molecule has 0 unspecified atom stereocenters. The van der Waals surface area contributed by atoms with Crippen molar-refractivity contribution in [2.75, 3.05) is 19.1 Å². The molecule has 9 nitrogen and oxygen atoms in total. The molecule has 32 heavy (non-hydrogen) atoms. The summed E-state index contributed by atoms with van der Waals surface area (Å²) in [6.07, 6.45) is 0. The number of nitrogens with zero attached hydrogens (tertiary/aromatic N) is 4. The van der Waals surface area contributed by atoms with Crippen molar-refractivity contribution in [3.63, 3.8) is 0 Å². The lowest BCUT2D eigenvalue weighted by molar-refractivity contribution is 0.0983. The molecule has 164 valence electrons. The van der Waals surface area contributed by atoms with E-state index in [-0.39, 0.29) is 29.7 Å². The molecule has 0 aliphatic rings. The summed E-state index contributed by atoms with van der Waals surface area (Å²) in [5.41, 5.74) is 2.16. The van der Waals surface area contributed by atoms with Crippen LogP contribution in [-0.4, -0.2) is 39.7 Å². The molecule has 0 spiro atoms. The van der Waals surface area contributed by atoms with Crippen LogP contribution in [0.1, 0.15) is 27.2 Å². The van der Waals surface area contributed by atoms with Gasteiger partial charge in [-0.05, 0) is 55.8 Å². The van der Waals surface area contributed by atoms with Crippen LogP contribution in [0.25, 0.3) is 5.78 Å². The number of hydrogen-bond donors (Lipinski definition) is 1. The minimum absolute atomic E-state index is 0.204. The molecule has 0 aliphatic carbocycles. The molecule has 9 heteroatoms. The molecule has 2 heterocycles. The minimum Gasteiger partial charge on any atom is -0.497 e. The number of methoxy groups -OCH3 is 2. The molecule has 0 fully saturated rings. The highest BCUT2D eigenvalue weighted by Gasteiger charge is 2.23. The summed E-state index contributed by atoms with van der Waals surface area (Å²) in [5, 5.41) is 2.93. The van der Waals surface area contributed by atoms with E-state index in [1.165, 1.54) is 9.42 Å². The smallest absolute Gasteiger partial charge is 0.277 e. The second-order valence-electron chi connectivity index (χ2n) is 7.28. The van der Waals surface area contributed by atoms with Crippen LogP contribution < -0.4 is 19.9 Å². The van der Waals surface area contributed by atoms with Crippen LogP contribution in [0, 0.1) is 13.8 Å². The number of carbonyl (C=O) groups excluding carboxylic acids is 1. The second kappa shape index (κ2) is 8.54. The summed E-state index contributed by atoms with van der Waals surface area (Å²) in [6, 6.07) is 14.2. The SMILES string of the molecule is COc1ccc(CN(C(=O)c2ccc(OC)cc2)c2nc3nc(C)c(C)c(=O)n3[nH]2)cc1. The highest BCUT2D eigenvalue weighted by Crippen LogP contribution is 2.20.